The molecule has 0 N–H and O–H groups in total. The van der Waals surface area contributed by atoms with Gasteiger partial charge in [-0.1, -0.05) is 6.42 Å². The summed E-state index contributed by atoms with van der Waals surface area (Å²) in [7, 11) is 0. The van der Waals surface area contributed by atoms with Crippen molar-refractivity contribution in [1.29, 1.82) is 0 Å². The predicted molar refractivity (Wildman–Crippen MR) is 101 cm³/mol. The lowest BCUT2D eigenvalue weighted by Crippen LogP contribution is -2.63. The second-order valence-electron chi connectivity index (χ2n) is 7.82. The Morgan fingerprint density at radius 1 is 0.760 bits per heavy atom. The highest BCUT2D eigenvalue weighted by molar-refractivity contribution is 5.46. The molecule has 3 heterocycles. The van der Waals surface area contributed by atoms with Gasteiger partial charge in [-0.3, -0.25) is 9.80 Å². The summed E-state index contributed by atoms with van der Waals surface area (Å²) in [6.45, 7) is 12.0. The molecule has 3 aliphatic heterocycles. The predicted octanol–water partition coefficient (Wildman–Crippen LogP) is 2.12. The van der Waals surface area contributed by atoms with Gasteiger partial charge in [-0.2, -0.15) is 0 Å². The van der Waals surface area contributed by atoms with Gasteiger partial charge in [0.2, 0.25) is 0 Å². The molecule has 138 valence electrons. The Morgan fingerprint density at radius 3 is 2.08 bits per heavy atom. The lowest BCUT2D eigenvalue weighted by molar-refractivity contribution is 0.0237. The van der Waals surface area contributed by atoms with Gasteiger partial charge in [0.05, 0.1) is 0 Å². The van der Waals surface area contributed by atoms with Crippen LogP contribution in [0.4, 0.5) is 10.1 Å². The summed E-state index contributed by atoms with van der Waals surface area (Å²) in [4.78, 5) is 10.3. The van der Waals surface area contributed by atoms with Crippen LogP contribution in [0.3, 0.4) is 0 Å². The standard InChI is InChI=1S/C20H31FN4/c21-18-4-6-19(7-5-18)24-12-14-25(15-13-24)20-16-23(17-20)11-10-22-8-2-1-3-9-22/h4-7,20H,1-3,8-17H2. The molecular weight excluding hydrogens is 315 g/mol. The van der Waals surface area contributed by atoms with E-state index in [0.29, 0.717) is 0 Å². The van der Waals surface area contributed by atoms with Crippen molar-refractivity contribution in [3.05, 3.63) is 30.1 Å². The van der Waals surface area contributed by atoms with Gasteiger partial charge in [0.15, 0.2) is 0 Å². The van der Waals surface area contributed by atoms with Crippen molar-refractivity contribution in [1.82, 2.24) is 14.7 Å². The van der Waals surface area contributed by atoms with Crippen LogP contribution in [-0.2, 0) is 0 Å². The molecule has 4 rings (SSSR count). The van der Waals surface area contributed by atoms with E-state index in [1.54, 1.807) is 12.1 Å². The molecule has 3 saturated heterocycles. The van der Waals surface area contributed by atoms with Crippen molar-refractivity contribution < 1.29 is 4.39 Å². The molecular formula is C20H31FN4. The topological polar surface area (TPSA) is 13.0 Å². The van der Waals surface area contributed by atoms with Gasteiger partial charge in [-0.05, 0) is 50.2 Å². The summed E-state index contributed by atoms with van der Waals surface area (Å²) in [5.74, 6) is -0.151. The molecule has 1 aromatic carbocycles. The van der Waals surface area contributed by atoms with Crippen LogP contribution in [0.2, 0.25) is 0 Å². The van der Waals surface area contributed by atoms with E-state index < -0.39 is 0 Å². The number of likely N-dealkylation sites (tertiary alicyclic amines) is 2. The Hall–Kier alpha value is -1.17. The zero-order chi connectivity index (χ0) is 17.1. The van der Waals surface area contributed by atoms with Crippen LogP contribution in [0.5, 0.6) is 0 Å². The zero-order valence-electron chi connectivity index (χ0n) is 15.2. The van der Waals surface area contributed by atoms with E-state index in [1.807, 2.05) is 12.1 Å². The fourth-order valence-corrected chi connectivity index (χ4v) is 4.42. The number of piperazine rings is 1. The van der Waals surface area contributed by atoms with Crippen LogP contribution in [0.25, 0.3) is 0 Å². The second-order valence-corrected chi connectivity index (χ2v) is 7.82. The van der Waals surface area contributed by atoms with Crippen LogP contribution in [0.1, 0.15) is 19.3 Å². The van der Waals surface area contributed by atoms with Gasteiger partial charge >= 0.3 is 0 Å². The van der Waals surface area contributed by atoms with E-state index in [2.05, 4.69) is 19.6 Å². The highest BCUT2D eigenvalue weighted by Crippen LogP contribution is 2.21. The molecule has 1 aromatic rings. The van der Waals surface area contributed by atoms with Gasteiger partial charge in [0, 0.05) is 64.1 Å². The van der Waals surface area contributed by atoms with Crippen molar-refractivity contribution >= 4 is 5.69 Å². The van der Waals surface area contributed by atoms with E-state index in [0.717, 1.165) is 37.9 Å². The van der Waals surface area contributed by atoms with Gasteiger partial charge in [-0.15, -0.1) is 0 Å². The molecule has 0 saturated carbocycles. The Morgan fingerprint density at radius 2 is 1.40 bits per heavy atom. The molecule has 25 heavy (non-hydrogen) atoms. The first kappa shape index (κ1) is 17.3. The van der Waals surface area contributed by atoms with Crippen LogP contribution < -0.4 is 4.90 Å². The summed E-state index contributed by atoms with van der Waals surface area (Å²) in [5.41, 5.74) is 1.15. The molecule has 5 heteroatoms. The summed E-state index contributed by atoms with van der Waals surface area (Å²) in [6.07, 6.45) is 4.20. The first-order valence-corrected chi connectivity index (χ1v) is 9.97. The third kappa shape index (κ3) is 4.33. The number of piperidine rings is 1. The fraction of sp³-hybridized carbons (Fsp3) is 0.700. The summed E-state index contributed by atoms with van der Waals surface area (Å²) >= 11 is 0. The summed E-state index contributed by atoms with van der Waals surface area (Å²) < 4.78 is 13.1. The number of anilines is 1. The minimum atomic E-state index is -0.151. The minimum absolute atomic E-state index is 0.151. The zero-order valence-corrected chi connectivity index (χ0v) is 15.2. The van der Waals surface area contributed by atoms with Gasteiger partial charge < -0.3 is 9.80 Å². The third-order valence-electron chi connectivity index (χ3n) is 6.14. The van der Waals surface area contributed by atoms with Crippen molar-refractivity contribution in [3.8, 4) is 0 Å². The average molecular weight is 346 g/mol. The van der Waals surface area contributed by atoms with E-state index in [1.165, 1.54) is 58.5 Å². The lowest BCUT2D eigenvalue weighted by atomic mass is 10.1. The maximum absolute atomic E-state index is 13.1. The average Bonchev–Trinajstić information content (AvgIpc) is 2.62. The summed E-state index contributed by atoms with van der Waals surface area (Å²) in [6, 6.07) is 7.67. The SMILES string of the molecule is Fc1ccc(N2CCN(C3CN(CCN4CCCCC4)C3)CC2)cc1. The van der Waals surface area contributed by atoms with Crippen LogP contribution in [0, 0.1) is 5.82 Å². The second kappa shape index (κ2) is 8.02. The third-order valence-corrected chi connectivity index (χ3v) is 6.14. The van der Waals surface area contributed by atoms with Crippen molar-refractivity contribution in [2.24, 2.45) is 0 Å². The van der Waals surface area contributed by atoms with Crippen LogP contribution >= 0.6 is 0 Å². The molecule has 0 radical (unpaired) electrons. The summed E-state index contributed by atoms with van der Waals surface area (Å²) in [5, 5.41) is 0. The van der Waals surface area contributed by atoms with Gasteiger partial charge in [0.1, 0.15) is 5.82 Å². The fourth-order valence-electron chi connectivity index (χ4n) is 4.42. The van der Waals surface area contributed by atoms with Crippen molar-refractivity contribution in [3.63, 3.8) is 0 Å². The maximum Gasteiger partial charge on any atom is 0.123 e. The quantitative estimate of drug-likeness (QED) is 0.810. The molecule has 0 atom stereocenters. The molecule has 0 spiro atoms. The van der Waals surface area contributed by atoms with E-state index in [9.17, 15) is 4.39 Å². The lowest BCUT2D eigenvalue weighted by Gasteiger charge is -2.49. The van der Waals surface area contributed by atoms with E-state index >= 15 is 0 Å². The Kier molecular flexibility index (Phi) is 5.54. The smallest absolute Gasteiger partial charge is 0.123 e. The Labute approximate surface area is 151 Å². The monoisotopic (exact) mass is 346 g/mol. The molecule has 0 unspecified atom stereocenters. The molecule has 4 nitrogen and oxygen atoms in total. The first-order chi connectivity index (χ1) is 12.3. The van der Waals surface area contributed by atoms with E-state index in [4.69, 9.17) is 0 Å². The first-order valence-electron chi connectivity index (χ1n) is 9.97. The van der Waals surface area contributed by atoms with Crippen molar-refractivity contribution in [2.45, 2.75) is 25.3 Å². The van der Waals surface area contributed by atoms with Crippen LogP contribution in [0.15, 0.2) is 24.3 Å². The van der Waals surface area contributed by atoms with Crippen molar-refractivity contribution in [2.75, 3.05) is 70.3 Å². The molecule has 0 aliphatic carbocycles. The molecule has 0 aromatic heterocycles. The largest absolute Gasteiger partial charge is 0.369 e. The molecule has 3 aliphatic rings. The number of hydrogen-bond donors (Lipinski definition) is 0. The minimum Gasteiger partial charge on any atom is -0.369 e. The van der Waals surface area contributed by atoms with E-state index in [-0.39, 0.29) is 5.82 Å². The van der Waals surface area contributed by atoms with Gasteiger partial charge in [-0.25, -0.2) is 4.39 Å². The highest BCUT2D eigenvalue weighted by Gasteiger charge is 2.33. The Bertz CT molecular complexity index is 529. The molecule has 0 amide bonds. The molecule has 3 fully saturated rings. The highest BCUT2D eigenvalue weighted by atomic mass is 19.1. The number of halogens is 1. The van der Waals surface area contributed by atoms with Crippen LogP contribution in [-0.4, -0.2) is 86.2 Å². The molecule has 0 bridgehead atoms. The Balaban J connectivity index is 1.15. The number of rotatable bonds is 5. The maximum atomic E-state index is 13.1. The van der Waals surface area contributed by atoms with Gasteiger partial charge in [0.25, 0.3) is 0 Å². The number of nitrogens with zero attached hydrogens (tertiary/aromatic N) is 4. The number of hydrogen-bond acceptors (Lipinski definition) is 4. The number of benzene rings is 1. The normalized spacial score (nSPS) is 24.4.